The summed E-state index contributed by atoms with van der Waals surface area (Å²) in [7, 11) is 1.94. The van der Waals surface area contributed by atoms with Gasteiger partial charge in [0.2, 0.25) is 5.91 Å². The molecule has 4 heteroatoms. The maximum atomic E-state index is 12.1. The van der Waals surface area contributed by atoms with Crippen molar-refractivity contribution < 1.29 is 9.53 Å². The highest BCUT2D eigenvalue weighted by Gasteiger charge is 2.32. The number of nitrogens with zero attached hydrogens (tertiary/aromatic N) is 1. The maximum absolute atomic E-state index is 12.1. The fourth-order valence-electron chi connectivity index (χ4n) is 2.31. The molecule has 2 rings (SSSR count). The van der Waals surface area contributed by atoms with Crippen molar-refractivity contribution in [3.63, 3.8) is 0 Å². The molecule has 1 unspecified atom stereocenters. The second kappa shape index (κ2) is 5.64. The van der Waals surface area contributed by atoms with Crippen LogP contribution in [0.2, 0.25) is 0 Å². The zero-order chi connectivity index (χ0) is 11.4. The van der Waals surface area contributed by atoms with Gasteiger partial charge in [0.05, 0.1) is 12.7 Å². The van der Waals surface area contributed by atoms with Gasteiger partial charge in [-0.15, -0.1) is 0 Å². The molecule has 16 heavy (non-hydrogen) atoms. The van der Waals surface area contributed by atoms with E-state index >= 15 is 0 Å². The van der Waals surface area contributed by atoms with Gasteiger partial charge in [0.1, 0.15) is 0 Å². The van der Waals surface area contributed by atoms with E-state index < -0.39 is 0 Å². The van der Waals surface area contributed by atoms with Gasteiger partial charge in [0, 0.05) is 19.0 Å². The van der Waals surface area contributed by atoms with Crippen molar-refractivity contribution in [2.24, 2.45) is 5.92 Å². The molecule has 0 bridgehead atoms. The van der Waals surface area contributed by atoms with E-state index in [1.165, 1.54) is 6.42 Å². The molecule has 1 amide bonds. The number of ether oxygens (including phenoxy) is 1. The minimum atomic E-state index is 0.227. The molecule has 1 saturated carbocycles. The first-order chi connectivity index (χ1) is 7.81. The molecule has 0 aromatic heterocycles. The van der Waals surface area contributed by atoms with E-state index in [0.29, 0.717) is 18.4 Å². The molecular weight excluding hydrogens is 204 g/mol. The monoisotopic (exact) mass is 226 g/mol. The summed E-state index contributed by atoms with van der Waals surface area (Å²) in [4.78, 5) is 14.1. The molecule has 1 N–H and O–H groups in total. The Morgan fingerprint density at radius 1 is 1.50 bits per heavy atom. The van der Waals surface area contributed by atoms with Gasteiger partial charge in [-0.05, 0) is 32.9 Å². The van der Waals surface area contributed by atoms with Crippen LogP contribution in [0, 0.1) is 5.92 Å². The molecule has 1 heterocycles. The smallest absolute Gasteiger partial charge is 0.225 e. The lowest BCUT2D eigenvalue weighted by molar-refractivity contribution is -0.145. The molecule has 0 spiro atoms. The van der Waals surface area contributed by atoms with Crippen LogP contribution in [-0.4, -0.2) is 50.2 Å². The Morgan fingerprint density at radius 3 is 2.94 bits per heavy atom. The van der Waals surface area contributed by atoms with Gasteiger partial charge in [-0.3, -0.25) is 4.79 Å². The van der Waals surface area contributed by atoms with Crippen LogP contribution >= 0.6 is 0 Å². The van der Waals surface area contributed by atoms with Crippen molar-refractivity contribution in [1.82, 2.24) is 10.2 Å². The summed E-state index contributed by atoms with van der Waals surface area (Å²) in [5, 5.41) is 3.12. The Kier molecular flexibility index (Phi) is 4.18. The minimum absolute atomic E-state index is 0.227. The Morgan fingerprint density at radius 2 is 2.31 bits per heavy atom. The van der Waals surface area contributed by atoms with Crippen molar-refractivity contribution >= 4 is 5.91 Å². The fraction of sp³-hybridized carbons (Fsp3) is 0.917. The number of amides is 1. The van der Waals surface area contributed by atoms with E-state index in [1.54, 1.807) is 0 Å². The van der Waals surface area contributed by atoms with E-state index in [4.69, 9.17) is 4.74 Å². The highest BCUT2D eigenvalue weighted by atomic mass is 16.5. The third-order valence-corrected chi connectivity index (χ3v) is 3.62. The van der Waals surface area contributed by atoms with Crippen LogP contribution in [0.4, 0.5) is 0 Å². The van der Waals surface area contributed by atoms with E-state index in [0.717, 1.165) is 38.9 Å². The molecule has 1 aliphatic heterocycles. The van der Waals surface area contributed by atoms with Crippen LogP contribution in [0.5, 0.6) is 0 Å². The van der Waals surface area contributed by atoms with Crippen LogP contribution in [0.1, 0.15) is 25.7 Å². The molecule has 92 valence electrons. The van der Waals surface area contributed by atoms with Crippen molar-refractivity contribution in [1.29, 1.82) is 0 Å². The third kappa shape index (κ3) is 2.74. The Hall–Kier alpha value is -0.610. The van der Waals surface area contributed by atoms with Crippen LogP contribution in [-0.2, 0) is 9.53 Å². The Labute approximate surface area is 97.3 Å². The topological polar surface area (TPSA) is 41.6 Å². The fourth-order valence-corrected chi connectivity index (χ4v) is 2.31. The highest BCUT2D eigenvalue weighted by molar-refractivity contribution is 5.79. The molecule has 1 atom stereocenters. The zero-order valence-electron chi connectivity index (χ0n) is 10.1. The summed E-state index contributed by atoms with van der Waals surface area (Å²) < 4.78 is 5.66. The van der Waals surface area contributed by atoms with E-state index in [-0.39, 0.29) is 6.10 Å². The summed E-state index contributed by atoms with van der Waals surface area (Å²) in [6.07, 6.45) is 4.63. The van der Waals surface area contributed by atoms with Gasteiger partial charge in [-0.2, -0.15) is 0 Å². The van der Waals surface area contributed by atoms with Gasteiger partial charge < -0.3 is 15.0 Å². The summed E-state index contributed by atoms with van der Waals surface area (Å²) in [5.41, 5.74) is 0. The summed E-state index contributed by atoms with van der Waals surface area (Å²) in [6.45, 7) is 3.23. The first-order valence-corrected chi connectivity index (χ1v) is 6.36. The second-order valence-corrected chi connectivity index (χ2v) is 4.80. The lowest BCUT2D eigenvalue weighted by Crippen LogP contribution is -2.49. The average molecular weight is 226 g/mol. The molecule has 4 nitrogen and oxygen atoms in total. The van der Waals surface area contributed by atoms with Gasteiger partial charge in [0.25, 0.3) is 0 Å². The average Bonchev–Trinajstić information content (AvgIpc) is 2.24. The van der Waals surface area contributed by atoms with Crippen molar-refractivity contribution in [2.45, 2.75) is 31.8 Å². The van der Waals surface area contributed by atoms with Crippen LogP contribution in [0.15, 0.2) is 0 Å². The van der Waals surface area contributed by atoms with Crippen LogP contribution < -0.4 is 5.32 Å². The van der Waals surface area contributed by atoms with E-state index in [1.807, 2.05) is 11.9 Å². The zero-order valence-corrected chi connectivity index (χ0v) is 10.1. The van der Waals surface area contributed by atoms with Crippen LogP contribution in [0.25, 0.3) is 0 Å². The molecule has 1 aliphatic carbocycles. The predicted molar refractivity (Wildman–Crippen MR) is 62.2 cm³/mol. The number of rotatable bonds is 4. The largest absolute Gasteiger partial charge is 0.374 e. The van der Waals surface area contributed by atoms with E-state index in [9.17, 15) is 4.79 Å². The lowest BCUT2D eigenvalue weighted by atomic mass is 9.84. The third-order valence-electron chi connectivity index (χ3n) is 3.62. The number of nitrogens with one attached hydrogen (secondary N) is 1. The lowest BCUT2D eigenvalue weighted by Gasteiger charge is -2.37. The normalized spacial score (nSPS) is 26.6. The number of hydrogen-bond acceptors (Lipinski definition) is 3. The molecule has 0 aromatic carbocycles. The molecule has 0 radical (unpaired) electrons. The van der Waals surface area contributed by atoms with Gasteiger partial charge in [0.15, 0.2) is 0 Å². The van der Waals surface area contributed by atoms with E-state index in [2.05, 4.69) is 5.32 Å². The van der Waals surface area contributed by atoms with Gasteiger partial charge in [-0.1, -0.05) is 6.42 Å². The number of carbonyl (C=O) groups excluding carboxylic acids is 1. The quantitative estimate of drug-likeness (QED) is 0.764. The second-order valence-electron chi connectivity index (χ2n) is 4.80. The number of morpholine rings is 1. The summed E-state index contributed by atoms with van der Waals surface area (Å²) in [5.74, 6) is 0.687. The Balaban J connectivity index is 1.78. The van der Waals surface area contributed by atoms with Gasteiger partial charge >= 0.3 is 0 Å². The summed E-state index contributed by atoms with van der Waals surface area (Å²) in [6, 6.07) is 0. The minimum Gasteiger partial charge on any atom is -0.374 e. The maximum Gasteiger partial charge on any atom is 0.225 e. The predicted octanol–water partition coefficient (Wildman–Crippen LogP) is 0.623. The SMILES string of the molecule is CNCCC1CN(C(=O)C2CCC2)CCO1. The summed E-state index contributed by atoms with van der Waals surface area (Å²) >= 11 is 0. The Bertz CT molecular complexity index is 241. The van der Waals surface area contributed by atoms with Crippen molar-refractivity contribution in [2.75, 3.05) is 33.3 Å². The molecule has 1 saturated heterocycles. The van der Waals surface area contributed by atoms with Gasteiger partial charge in [-0.25, -0.2) is 0 Å². The first kappa shape index (κ1) is 11.9. The van der Waals surface area contributed by atoms with Crippen molar-refractivity contribution in [3.8, 4) is 0 Å². The standard InChI is InChI=1S/C12H22N2O2/c1-13-6-5-11-9-14(7-8-16-11)12(15)10-3-2-4-10/h10-11,13H,2-9H2,1H3. The molecular formula is C12H22N2O2. The molecule has 2 fully saturated rings. The van der Waals surface area contributed by atoms with Crippen molar-refractivity contribution in [3.05, 3.63) is 0 Å². The highest BCUT2D eigenvalue weighted by Crippen LogP contribution is 2.28. The first-order valence-electron chi connectivity index (χ1n) is 6.36. The van der Waals surface area contributed by atoms with Crippen LogP contribution in [0.3, 0.4) is 0 Å². The number of carbonyl (C=O) groups is 1. The number of hydrogen-bond donors (Lipinski definition) is 1. The molecule has 2 aliphatic rings. The molecule has 0 aromatic rings.